The number of para-hydroxylation sites is 1. The average Bonchev–Trinajstić information content (AvgIpc) is 2.91. The van der Waals surface area contributed by atoms with Crippen LogP contribution in [0.5, 0.6) is 0 Å². The molecule has 0 aliphatic heterocycles. The van der Waals surface area contributed by atoms with Gasteiger partial charge in [0.25, 0.3) is 11.6 Å². The summed E-state index contributed by atoms with van der Waals surface area (Å²) in [6, 6.07) is 30.6. The summed E-state index contributed by atoms with van der Waals surface area (Å²) in [5.41, 5.74) is 2.40. The van der Waals surface area contributed by atoms with Crippen LogP contribution >= 0.6 is 0 Å². The summed E-state index contributed by atoms with van der Waals surface area (Å²) in [4.78, 5) is 23.1. The van der Waals surface area contributed by atoms with Crippen molar-refractivity contribution in [2.75, 3.05) is 0 Å². The maximum Gasteiger partial charge on any atom is 0.289 e. The van der Waals surface area contributed by atoms with Gasteiger partial charge < -0.3 is 5.32 Å². The van der Waals surface area contributed by atoms with E-state index >= 15 is 0 Å². The number of hydrogen-bond acceptors (Lipinski definition) is 5. The molecule has 0 heterocycles. The molecule has 2 N–H and O–H groups in total. The summed E-state index contributed by atoms with van der Waals surface area (Å²) in [5, 5.41) is 14.2. The molecule has 182 valence electrons. The molecule has 9 heteroatoms. The highest BCUT2D eigenvalue weighted by Crippen LogP contribution is 2.24. The second-order valence-corrected chi connectivity index (χ2v) is 9.71. The normalized spacial score (nSPS) is 11.2. The van der Waals surface area contributed by atoms with E-state index in [1.165, 1.54) is 18.2 Å². The molecule has 36 heavy (non-hydrogen) atoms. The van der Waals surface area contributed by atoms with Crippen molar-refractivity contribution in [1.29, 1.82) is 0 Å². The van der Waals surface area contributed by atoms with Crippen molar-refractivity contribution < 1.29 is 18.1 Å². The van der Waals surface area contributed by atoms with Gasteiger partial charge in [-0.15, -0.1) is 0 Å². The van der Waals surface area contributed by atoms with Crippen LogP contribution in [0.3, 0.4) is 0 Å². The minimum Gasteiger partial charge on any atom is -0.341 e. The molecule has 0 aromatic heterocycles. The largest absolute Gasteiger partial charge is 0.341 e. The van der Waals surface area contributed by atoms with Gasteiger partial charge in [0.2, 0.25) is 10.0 Å². The number of sulfonamides is 1. The molecule has 4 rings (SSSR count). The van der Waals surface area contributed by atoms with E-state index in [0.29, 0.717) is 11.1 Å². The lowest BCUT2D eigenvalue weighted by Crippen LogP contribution is -2.29. The van der Waals surface area contributed by atoms with E-state index in [9.17, 15) is 23.3 Å². The highest BCUT2D eigenvalue weighted by Gasteiger charge is 2.25. The van der Waals surface area contributed by atoms with Crippen LogP contribution in [0.15, 0.2) is 114 Å². The molecule has 0 unspecified atom stereocenters. The minimum atomic E-state index is -4.11. The summed E-state index contributed by atoms with van der Waals surface area (Å²) >= 11 is 0. The third kappa shape index (κ3) is 5.83. The molecule has 0 radical (unpaired) electrons. The second-order valence-electron chi connectivity index (χ2n) is 7.97. The van der Waals surface area contributed by atoms with E-state index in [4.69, 9.17) is 0 Å². The maximum atomic E-state index is 13.0. The first-order chi connectivity index (χ1) is 17.3. The van der Waals surface area contributed by atoms with Gasteiger partial charge in [-0.2, -0.15) is 0 Å². The van der Waals surface area contributed by atoms with Crippen molar-refractivity contribution in [3.8, 4) is 0 Å². The van der Waals surface area contributed by atoms with Crippen LogP contribution in [0.1, 0.15) is 33.1 Å². The van der Waals surface area contributed by atoms with Gasteiger partial charge in [-0.25, -0.2) is 13.1 Å². The Balaban J connectivity index is 1.46. The Morgan fingerprint density at radius 2 is 1.31 bits per heavy atom. The SMILES string of the molecule is O=C(NC(c1ccccc1)c1ccccc1)c1ccc(CNS(=O)(=O)c2ccccc2[N+](=O)[O-])cc1. The van der Waals surface area contributed by atoms with E-state index in [2.05, 4.69) is 10.0 Å². The zero-order valence-corrected chi connectivity index (χ0v) is 19.9. The van der Waals surface area contributed by atoms with Gasteiger partial charge in [0.15, 0.2) is 4.90 Å². The Kier molecular flexibility index (Phi) is 7.53. The van der Waals surface area contributed by atoms with Crippen molar-refractivity contribution in [2.45, 2.75) is 17.5 Å². The zero-order chi connectivity index (χ0) is 25.5. The third-order valence-electron chi connectivity index (χ3n) is 5.58. The summed E-state index contributed by atoms with van der Waals surface area (Å²) in [7, 11) is -4.11. The Morgan fingerprint density at radius 1 is 0.778 bits per heavy atom. The van der Waals surface area contributed by atoms with Crippen LogP contribution in [-0.4, -0.2) is 19.2 Å². The van der Waals surface area contributed by atoms with Crippen molar-refractivity contribution in [3.05, 3.63) is 142 Å². The van der Waals surface area contributed by atoms with Gasteiger partial charge in [0.05, 0.1) is 11.0 Å². The molecule has 8 nitrogen and oxygen atoms in total. The van der Waals surface area contributed by atoms with E-state index < -0.39 is 25.5 Å². The molecule has 4 aromatic rings. The fourth-order valence-corrected chi connectivity index (χ4v) is 4.92. The Morgan fingerprint density at radius 3 is 1.86 bits per heavy atom. The predicted molar refractivity (Wildman–Crippen MR) is 136 cm³/mol. The van der Waals surface area contributed by atoms with Gasteiger partial charge >= 0.3 is 0 Å². The number of amides is 1. The lowest BCUT2D eigenvalue weighted by atomic mass is 9.98. The molecule has 0 aliphatic rings. The van der Waals surface area contributed by atoms with Crippen molar-refractivity contribution in [2.24, 2.45) is 0 Å². The average molecular weight is 502 g/mol. The summed E-state index contributed by atoms with van der Waals surface area (Å²) in [6.07, 6.45) is 0. The Hall–Kier alpha value is -4.34. The Labute approximate surface area is 208 Å². The standard InChI is InChI=1S/C27H23N3O5S/c31-27(29-26(21-9-3-1-4-10-21)22-11-5-2-6-12-22)23-17-15-20(16-18-23)19-28-36(34,35)25-14-8-7-13-24(25)30(32)33/h1-18,26,28H,19H2,(H,29,31). The Bertz CT molecular complexity index is 1420. The van der Waals surface area contributed by atoms with E-state index in [1.807, 2.05) is 60.7 Å². The van der Waals surface area contributed by atoms with Crippen LogP contribution in [0.25, 0.3) is 0 Å². The quantitative estimate of drug-likeness (QED) is 0.257. The summed E-state index contributed by atoms with van der Waals surface area (Å²) in [6.45, 7) is -0.0903. The van der Waals surface area contributed by atoms with Crippen molar-refractivity contribution >= 4 is 21.6 Å². The van der Waals surface area contributed by atoms with Gasteiger partial charge in [0.1, 0.15) is 0 Å². The number of carbonyl (C=O) groups excluding carboxylic acids is 1. The molecule has 0 bridgehead atoms. The molecule has 1 amide bonds. The van der Waals surface area contributed by atoms with Gasteiger partial charge in [-0.1, -0.05) is 84.9 Å². The molecular formula is C27H23N3O5S. The third-order valence-corrected chi connectivity index (χ3v) is 7.02. The first-order valence-electron chi connectivity index (χ1n) is 11.1. The van der Waals surface area contributed by atoms with Crippen molar-refractivity contribution in [3.63, 3.8) is 0 Å². The topological polar surface area (TPSA) is 118 Å². The number of nitro benzene ring substituents is 1. The smallest absolute Gasteiger partial charge is 0.289 e. The van der Waals surface area contributed by atoms with Crippen LogP contribution in [0.2, 0.25) is 0 Å². The molecule has 0 saturated heterocycles. The van der Waals surface area contributed by atoms with Gasteiger partial charge in [-0.05, 0) is 34.9 Å². The fourth-order valence-electron chi connectivity index (χ4n) is 3.73. The summed E-state index contributed by atoms with van der Waals surface area (Å²) < 4.78 is 27.6. The van der Waals surface area contributed by atoms with E-state index in [0.717, 1.165) is 17.2 Å². The van der Waals surface area contributed by atoms with E-state index in [1.54, 1.807) is 24.3 Å². The minimum absolute atomic E-state index is 0.0903. The zero-order valence-electron chi connectivity index (χ0n) is 19.1. The van der Waals surface area contributed by atoms with Gasteiger partial charge in [-0.3, -0.25) is 14.9 Å². The summed E-state index contributed by atoms with van der Waals surface area (Å²) in [5.74, 6) is -0.278. The predicted octanol–water partition coefficient (Wildman–Crippen LogP) is 4.59. The van der Waals surface area contributed by atoms with Crippen molar-refractivity contribution in [1.82, 2.24) is 10.0 Å². The first-order valence-corrected chi connectivity index (χ1v) is 12.6. The number of nitrogens with zero attached hydrogens (tertiary/aromatic N) is 1. The number of hydrogen-bond donors (Lipinski definition) is 2. The number of nitro groups is 1. The number of carbonyl (C=O) groups is 1. The molecule has 0 aliphatic carbocycles. The van der Waals surface area contributed by atoms with Crippen LogP contribution in [0.4, 0.5) is 5.69 Å². The molecule has 0 atom stereocenters. The highest BCUT2D eigenvalue weighted by atomic mass is 32.2. The lowest BCUT2D eigenvalue weighted by molar-refractivity contribution is -0.387. The second kappa shape index (κ2) is 10.9. The van der Waals surface area contributed by atoms with E-state index in [-0.39, 0.29) is 18.5 Å². The van der Waals surface area contributed by atoms with Crippen LogP contribution in [0, 0.1) is 10.1 Å². The maximum absolute atomic E-state index is 13.0. The number of benzene rings is 4. The molecule has 0 spiro atoms. The molecule has 0 saturated carbocycles. The van der Waals surface area contributed by atoms with Crippen LogP contribution in [-0.2, 0) is 16.6 Å². The van der Waals surface area contributed by atoms with Gasteiger partial charge in [0, 0.05) is 18.2 Å². The lowest BCUT2D eigenvalue weighted by Gasteiger charge is -2.20. The number of rotatable bonds is 9. The highest BCUT2D eigenvalue weighted by molar-refractivity contribution is 7.89. The number of nitrogens with one attached hydrogen (secondary N) is 2. The monoisotopic (exact) mass is 501 g/mol. The molecule has 0 fully saturated rings. The molecule has 4 aromatic carbocycles. The first kappa shape index (κ1) is 24.8. The van der Waals surface area contributed by atoms with Crippen LogP contribution < -0.4 is 10.0 Å². The molecular weight excluding hydrogens is 478 g/mol. The fraction of sp³-hybridized carbons (Fsp3) is 0.0741.